The maximum Gasteiger partial charge on any atom is 0.178 e. The smallest absolute Gasteiger partial charge is 0.178 e. The molecule has 1 aliphatic heterocycles. The molecule has 154 valence electrons. The summed E-state index contributed by atoms with van der Waals surface area (Å²) in [5.74, 6) is 0.883. The molecule has 6 heteroatoms. The molecule has 0 bridgehead atoms. The van der Waals surface area contributed by atoms with Gasteiger partial charge in [-0.2, -0.15) is 0 Å². The summed E-state index contributed by atoms with van der Waals surface area (Å²) in [4.78, 5) is 5.00. The first kappa shape index (κ1) is 19.2. The molecule has 5 nitrogen and oxygen atoms in total. The molecule has 1 saturated heterocycles. The van der Waals surface area contributed by atoms with Gasteiger partial charge >= 0.3 is 0 Å². The minimum absolute atomic E-state index is 0.718. The minimum atomic E-state index is 0.718. The van der Waals surface area contributed by atoms with Crippen LogP contribution in [0.1, 0.15) is 6.42 Å². The maximum absolute atomic E-state index is 6.03. The number of benzene rings is 2. The van der Waals surface area contributed by atoms with E-state index in [2.05, 4.69) is 57.4 Å². The van der Waals surface area contributed by atoms with Gasteiger partial charge in [-0.25, -0.2) is 0 Å². The number of ether oxygens (including phenoxy) is 1. The molecule has 0 radical (unpaired) electrons. The van der Waals surface area contributed by atoms with Crippen LogP contribution in [-0.2, 0) is 0 Å². The van der Waals surface area contributed by atoms with Gasteiger partial charge in [-0.05, 0) is 42.1 Å². The zero-order chi connectivity index (χ0) is 20.2. The maximum atomic E-state index is 6.03. The zero-order valence-electron chi connectivity index (χ0n) is 16.9. The first-order valence-corrected chi connectivity index (χ1v) is 11.3. The molecule has 0 aliphatic carbocycles. The molecular formula is C24H25N3O2S. The Morgan fingerprint density at radius 1 is 0.967 bits per heavy atom. The lowest BCUT2D eigenvalue weighted by molar-refractivity contribution is 0.225. The highest BCUT2D eigenvalue weighted by Gasteiger charge is 2.16. The monoisotopic (exact) mass is 419 g/mol. The van der Waals surface area contributed by atoms with E-state index in [1.165, 1.54) is 5.69 Å². The number of para-hydroxylation sites is 1. The zero-order valence-corrected chi connectivity index (χ0v) is 17.7. The fourth-order valence-electron chi connectivity index (χ4n) is 3.94. The first-order valence-electron chi connectivity index (χ1n) is 10.5. The van der Waals surface area contributed by atoms with Crippen molar-refractivity contribution < 1.29 is 9.26 Å². The van der Waals surface area contributed by atoms with Crippen LogP contribution in [0.25, 0.3) is 21.5 Å². The Labute approximate surface area is 180 Å². The van der Waals surface area contributed by atoms with Crippen LogP contribution in [0.4, 0.5) is 5.69 Å². The van der Waals surface area contributed by atoms with Crippen LogP contribution in [0.15, 0.2) is 70.6 Å². The van der Waals surface area contributed by atoms with Crippen LogP contribution in [0.5, 0.6) is 5.75 Å². The summed E-state index contributed by atoms with van der Waals surface area (Å²) in [6.45, 7) is 6.17. The highest BCUT2D eigenvalue weighted by Crippen LogP contribution is 2.33. The Morgan fingerprint density at radius 3 is 2.70 bits per heavy atom. The van der Waals surface area contributed by atoms with Crippen molar-refractivity contribution in [2.45, 2.75) is 6.42 Å². The Hall–Kier alpha value is -2.83. The molecule has 1 fully saturated rings. The van der Waals surface area contributed by atoms with E-state index in [9.17, 15) is 0 Å². The second-order valence-electron chi connectivity index (χ2n) is 7.54. The highest BCUT2D eigenvalue weighted by atomic mass is 32.1. The summed E-state index contributed by atoms with van der Waals surface area (Å²) in [7, 11) is 0. The van der Waals surface area contributed by atoms with Gasteiger partial charge in [0.05, 0.1) is 6.61 Å². The van der Waals surface area contributed by atoms with Crippen molar-refractivity contribution in [3.05, 3.63) is 66.0 Å². The van der Waals surface area contributed by atoms with Crippen LogP contribution in [0, 0.1) is 0 Å². The molecule has 30 heavy (non-hydrogen) atoms. The van der Waals surface area contributed by atoms with Gasteiger partial charge < -0.3 is 14.2 Å². The second-order valence-corrected chi connectivity index (χ2v) is 8.46. The van der Waals surface area contributed by atoms with Crippen molar-refractivity contribution in [3.8, 4) is 17.0 Å². The van der Waals surface area contributed by atoms with Crippen molar-refractivity contribution >= 4 is 27.3 Å². The molecule has 0 saturated carbocycles. The van der Waals surface area contributed by atoms with Crippen LogP contribution in [0.3, 0.4) is 0 Å². The van der Waals surface area contributed by atoms with Crippen molar-refractivity contribution in [1.82, 2.24) is 10.1 Å². The number of nitrogens with zero attached hydrogens (tertiary/aromatic N) is 3. The number of hydrogen-bond acceptors (Lipinski definition) is 6. The van der Waals surface area contributed by atoms with Gasteiger partial charge in [0, 0.05) is 44.0 Å². The molecule has 0 spiro atoms. The summed E-state index contributed by atoms with van der Waals surface area (Å²) < 4.78 is 12.5. The summed E-state index contributed by atoms with van der Waals surface area (Å²) in [5, 5.41) is 6.25. The summed E-state index contributed by atoms with van der Waals surface area (Å²) in [5.41, 5.74) is 4.09. The lowest BCUT2D eigenvalue weighted by Gasteiger charge is -2.36. The predicted molar refractivity (Wildman–Crippen MR) is 123 cm³/mol. The van der Waals surface area contributed by atoms with E-state index in [-0.39, 0.29) is 0 Å². The summed E-state index contributed by atoms with van der Waals surface area (Å²) >= 11 is 1.65. The number of piperazine rings is 1. The second kappa shape index (κ2) is 8.90. The van der Waals surface area contributed by atoms with E-state index in [1.807, 2.05) is 23.6 Å². The molecule has 0 N–H and O–H groups in total. The Morgan fingerprint density at radius 2 is 1.83 bits per heavy atom. The molecule has 1 aliphatic rings. The van der Waals surface area contributed by atoms with Gasteiger partial charge in [-0.1, -0.05) is 35.5 Å². The fourth-order valence-corrected chi connectivity index (χ4v) is 4.76. The number of fused-ring (bicyclic) bond motifs is 1. The standard InChI is InChI=1S/C24H25N3O2S/c1-2-7-20(8-3-1)27-14-12-26(13-15-27)11-5-16-28-21-9-4-6-19(18-21)23-24-22(29-25-23)10-17-30-24/h1-4,6-10,17-18H,5,11-16H2. The van der Waals surface area contributed by atoms with Gasteiger partial charge in [-0.15, -0.1) is 11.3 Å². The normalized spacial score (nSPS) is 15.0. The van der Waals surface area contributed by atoms with Gasteiger partial charge in [0.15, 0.2) is 5.58 Å². The van der Waals surface area contributed by atoms with Crippen LogP contribution < -0.4 is 9.64 Å². The fraction of sp³-hybridized carbons (Fsp3) is 0.292. The van der Waals surface area contributed by atoms with E-state index < -0.39 is 0 Å². The van der Waals surface area contributed by atoms with E-state index in [0.29, 0.717) is 0 Å². The van der Waals surface area contributed by atoms with Crippen LogP contribution in [-0.4, -0.2) is 49.4 Å². The van der Waals surface area contributed by atoms with Crippen molar-refractivity contribution in [1.29, 1.82) is 0 Å². The van der Waals surface area contributed by atoms with Crippen LogP contribution >= 0.6 is 11.3 Å². The summed E-state index contributed by atoms with van der Waals surface area (Å²) in [6.07, 6.45) is 1.02. The van der Waals surface area contributed by atoms with E-state index in [1.54, 1.807) is 11.3 Å². The topological polar surface area (TPSA) is 41.7 Å². The Kier molecular flexibility index (Phi) is 5.68. The van der Waals surface area contributed by atoms with Crippen molar-refractivity contribution in [2.75, 3.05) is 44.2 Å². The number of rotatable bonds is 7. The summed E-state index contributed by atoms with van der Waals surface area (Å²) in [6, 6.07) is 20.8. The third-order valence-electron chi connectivity index (χ3n) is 5.57. The molecule has 4 aromatic rings. The number of aromatic nitrogens is 1. The average Bonchev–Trinajstić information content (AvgIpc) is 3.42. The Balaban J connectivity index is 1.09. The molecule has 0 unspecified atom stereocenters. The predicted octanol–water partition coefficient (Wildman–Crippen LogP) is 5.15. The number of thiophene rings is 1. The SMILES string of the molecule is c1ccc(N2CCN(CCCOc3cccc(-c4noc5ccsc45)c3)CC2)cc1. The number of anilines is 1. The van der Waals surface area contributed by atoms with E-state index in [4.69, 9.17) is 9.26 Å². The Bertz CT molecular complexity index is 1080. The lowest BCUT2D eigenvalue weighted by atomic mass is 10.1. The quantitative estimate of drug-likeness (QED) is 0.388. The third kappa shape index (κ3) is 4.20. The lowest BCUT2D eigenvalue weighted by Crippen LogP contribution is -2.46. The minimum Gasteiger partial charge on any atom is -0.494 e. The molecular weight excluding hydrogens is 394 g/mol. The molecule has 3 heterocycles. The average molecular weight is 420 g/mol. The van der Waals surface area contributed by atoms with Gasteiger partial charge in [-0.3, -0.25) is 4.90 Å². The van der Waals surface area contributed by atoms with Crippen LogP contribution in [0.2, 0.25) is 0 Å². The third-order valence-corrected chi connectivity index (χ3v) is 6.47. The molecule has 5 rings (SSSR count). The molecule has 0 amide bonds. The van der Waals surface area contributed by atoms with E-state index in [0.717, 1.165) is 73.0 Å². The van der Waals surface area contributed by atoms with Gasteiger partial charge in [0.1, 0.15) is 16.1 Å². The van der Waals surface area contributed by atoms with Gasteiger partial charge in [0.2, 0.25) is 0 Å². The molecule has 0 atom stereocenters. The number of hydrogen-bond donors (Lipinski definition) is 0. The van der Waals surface area contributed by atoms with Gasteiger partial charge in [0.25, 0.3) is 0 Å². The first-order chi connectivity index (χ1) is 14.9. The molecule has 2 aromatic carbocycles. The molecule has 2 aromatic heterocycles. The van der Waals surface area contributed by atoms with Crippen molar-refractivity contribution in [3.63, 3.8) is 0 Å². The highest BCUT2D eigenvalue weighted by molar-refractivity contribution is 7.17. The van der Waals surface area contributed by atoms with E-state index >= 15 is 0 Å². The largest absolute Gasteiger partial charge is 0.494 e. The van der Waals surface area contributed by atoms with Crippen molar-refractivity contribution in [2.24, 2.45) is 0 Å².